The maximum absolute atomic E-state index is 11.0. The molecule has 110 valence electrons. The molecular formula is C12H27ClO4P+. The predicted octanol–water partition coefficient (Wildman–Crippen LogP) is 1.23. The van der Waals surface area contributed by atoms with Crippen molar-refractivity contribution in [2.24, 2.45) is 0 Å². The Morgan fingerprint density at radius 1 is 0.778 bits per heavy atom. The lowest BCUT2D eigenvalue weighted by Crippen LogP contribution is -2.61. The van der Waals surface area contributed by atoms with Gasteiger partial charge in [-0.1, -0.05) is 40.0 Å². The van der Waals surface area contributed by atoms with Crippen LogP contribution in [-0.2, 0) is 4.08 Å². The van der Waals surface area contributed by atoms with E-state index in [-0.39, 0.29) is 0 Å². The van der Waals surface area contributed by atoms with E-state index in [9.17, 15) is 14.0 Å². The molecule has 0 aliphatic carbocycles. The molecule has 4 nitrogen and oxygen atoms in total. The number of rotatable bonds is 11. The first-order valence-corrected chi connectivity index (χ1v) is 10.4. The Labute approximate surface area is 114 Å². The monoisotopic (exact) mass is 301 g/mol. The third kappa shape index (κ3) is 8.63. The second kappa shape index (κ2) is 9.46. The van der Waals surface area contributed by atoms with Gasteiger partial charge in [-0.25, -0.2) is 0 Å². The van der Waals surface area contributed by atoms with Gasteiger partial charge in [0.05, 0.1) is 0 Å². The van der Waals surface area contributed by atoms with E-state index in [1.807, 2.05) is 0 Å². The Bertz CT molecular complexity index is 187. The van der Waals surface area contributed by atoms with Crippen molar-refractivity contribution >= 4 is 7.49 Å². The van der Waals surface area contributed by atoms with Crippen molar-refractivity contribution in [3.8, 4) is 0 Å². The first kappa shape index (κ1) is 18.6. The van der Waals surface area contributed by atoms with E-state index in [2.05, 4.69) is 20.8 Å². The molecule has 0 fully saturated rings. The molecule has 0 radical (unpaired) electrons. The zero-order chi connectivity index (χ0) is 14.1. The second-order valence-electron chi connectivity index (χ2n) is 4.74. The van der Waals surface area contributed by atoms with Gasteiger partial charge >= 0.3 is 7.49 Å². The fourth-order valence-electron chi connectivity index (χ4n) is 1.96. The van der Waals surface area contributed by atoms with Crippen LogP contribution in [0.1, 0.15) is 59.3 Å². The predicted molar refractivity (Wildman–Crippen MR) is 67.3 cm³/mol. The smallest absolute Gasteiger partial charge is 0.179 e. The average molecular weight is 302 g/mol. The van der Waals surface area contributed by atoms with Gasteiger partial charge in [-0.3, -0.25) is 0 Å². The van der Waals surface area contributed by atoms with Crippen molar-refractivity contribution in [2.45, 2.75) is 59.3 Å². The molecule has 0 aliphatic rings. The average Bonchev–Trinajstić information content (AvgIpc) is 2.29. The highest BCUT2D eigenvalue weighted by Gasteiger charge is 2.53. The van der Waals surface area contributed by atoms with Crippen molar-refractivity contribution in [1.29, 1.82) is 0 Å². The fraction of sp³-hybridized carbons (Fsp3) is 1.00. The molecular weight excluding hydrogens is 275 g/mol. The second-order valence-corrected chi connectivity index (χ2v) is 9.50. The summed E-state index contributed by atoms with van der Waals surface area (Å²) in [7, 11) is -6.37. The number of unbranched alkanes of at least 4 members (excludes halogenated alkanes) is 3. The molecule has 0 aromatic heterocycles. The lowest BCUT2D eigenvalue weighted by molar-refractivity contribution is -1.91. The van der Waals surface area contributed by atoms with Gasteiger partial charge in [-0.2, -0.15) is 14.0 Å². The number of hydrogen-bond donors (Lipinski definition) is 0. The van der Waals surface area contributed by atoms with Crippen LogP contribution < -0.4 is 14.0 Å². The van der Waals surface area contributed by atoms with E-state index in [1.54, 1.807) is 0 Å². The van der Waals surface area contributed by atoms with Crippen LogP contribution in [0.25, 0.3) is 0 Å². The molecule has 0 saturated heterocycles. The maximum atomic E-state index is 11.0. The summed E-state index contributed by atoms with van der Waals surface area (Å²) in [6, 6.07) is 0. The normalized spacial score (nSPS) is 13.0. The van der Waals surface area contributed by atoms with E-state index >= 15 is 0 Å². The molecule has 0 spiro atoms. The molecule has 18 heavy (non-hydrogen) atoms. The largest absolute Gasteiger partial charge is 0.319 e. The number of halogens is 1. The summed E-state index contributed by atoms with van der Waals surface area (Å²) in [5.74, 6) is 0. The van der Waals surface area contributed by atoms with E-state index in [0.717, 1.165) is 57.0 Å². The maximum Gasteiger partial charge on any atom is 0.319 e. The first-order valence-electron chi connectivity index (χ1n) is 6.87. The Morgan fingerprint density at radius 3 is 1.33 bits per heavy atom. The molecule has 0 unspecified atom stereocenters. The van der Waals surface area contributed by atoms with E-state index < -0.39 is 17.7 Å². The van der Waals surface area contributed by atoms with Crippen molar-refractivity contribution in [1.82, 2.24) is 0 Å². The van der Waals surface area contributed by atoms with Crippen molar-refractivity contribution in [2.75, 3.05) is 18.5 Å². The summed E-state index contributed by atoms with van der Waals surface area (Å²) in [4.78, 5) is 0. The highest BCUT2D eigenvalue weighted by atomic mass is 35.7. The summed E-state index contributed by atoms with van der Waals surface area (Å²) in [6.07, 6.45) is 8.09. The van der Waals surface area contributed by atoms with Crippen LogP contribution in [0.15, 0.2) is 0 Å². The van der Waals surface area contributed by atoms with Gasteiger partial charge in [0.15, 0.2) is 4.08 Å². The Morgan fingerprint density at radius 2 is 1.11 bits per heavy atom. The van der Waals surface area contributed by atoms with Gasteiger partial charge in [0.2, 0.25) is 0 Å². The highest BCUT2D eigenvalue weighted by molar-refractivity contribution is 7.71. The van der Waals surface area contributed by atoms with Crippen molar-refractivity contribution in [3.05, 3.63) is 0 Å². The summed E-state index contributed by atoms with van der Waals surface area (Å²) in [5.41, 5.74) is 0. The van der Waals surface area contributed by atoms with Crippen LogP contribution >= 0.6 is 7.49 Å². The van der Waals surface area contributed by atoms with Crippen LogP contribution in [0.4, 0.5) is 0 Å². The van der Waals surface area contributed by atoms with Crippen LogP contribution in [0.5, 0.6) is 0 Å². The SMILES string of the molecule is CCCC[P+](CCCC)(CCCC)O[Cl+3]([O-])([O-])[O-]. The van der Waals surface area contributed by atoms with Crippen LogP contribution in [0.2, 0.25) is 0 Å². The summed E-state index contributed by atoms with van der Waals surface area (Å²) < 4.78 is 37.9. The van der Waals surface area contributed by atoms with Crippen molar-refractivity contribution < 1.29 is 28.3 Å². The Kier molecular flexibility index (Phi) is 9.76. The molecule has 0 aromatic rings. The standard InChI is InChI=1S/C12H27ClO4P/c1-4-7-10-18(11-8-5-2,12-9-6-3)17-13(14,15)16/h4-12H2,1-3H3/q+1. The number of hydrogen-bond acceptors (Lipinski definition) is 4. The Hall–Kier alpha value is 0.560. The molecule has 0 amide bonds. The molecule has 0 N–H and O–H groups in total. The van der Waals surface area contributed by atoms with Crippen molar-refractivity contribution in [3.63, 3.8) is 0 Å². The van der Waals surface area contributed by atoms with Gasteiger partial charge in [-0.15, -0.1) is 0 Å². The molecule has 0 atom stereocenters. The zero-order valence-electron chi connectivity index (χ0n) is 11.8. The minimum atomic E-state index is -4.29. The van der Waals surface area contributed by atoms with Gasteiger partial charge in [0.1, 0.15) is 28.7 Å². The quantitative estimate of drug-likeness (QED) is 0.538. The van der Waals surface area contributed by atoms with Crippen LogP contribution in [0.3, 0.4) is 0 Å². The van der Waals surface area contributed by atoms with E-state index in [4.69, 9.17) is 4.08 Å². The molecule has 0 heterocycles. The van der Waals surface area contributed by atoms with Gasteiger partial charge in [0.25, 0.3) is 0 Å². The summed E-state index contributed by atoms with van der Waals surface area (Å²) in [5, 5.41) is 0. The molecule has 0 aromatic carbocycles. The van der Waals surface area contributed by atoms with Gasteiger partial charge in [0, 0.05) is 0 Å². The van der Waals surface area contributed by atoms with E-state index in [0.29, 0.717) is 0 Å². The lowest BCUT2D eigenvalue weighted by atomic mass is 10.4. The Balaban J connectivity index is 4.73. The molecule has 0 saturated carbocycles. The van der Waals surface area contributed by atoms with E-state index in [1.165, 1.54) is 0 Å². The molecule has 0 aliphatic heterocycles. The lowest BCUT2D eigenvalue weighted by Gasteiger charge is -2.22. The van der Waals surface area contributed by atoms with Gasteiger partial charge in [-0.05, 0) is 19.3 Å². The summed E-state index contributed by atoms with van der Waals surface area (Å²) in [6.45, 7) is 6.20. The topological polar surface area (TPSA) is 78.4 Å². The first-order chi connectivity index (χ1) is 8.39. The summed E-state index contributed by atoms with van der Waals surface area (Å²) >= 11 is 0. The van der Waals surface area contributed by atoms with Crippen LogP contribution in [0, 0.1) is 10.2 Å². The third-order valence-corrected chi connectivity index (χ3v) is 8.23. The highest BCUT2D eigenvalue weighted by Crippen LogP contribution is 2.63. The van der Waals surface area contributed by atoms with Crippen LogP contribution in [-0.4, -0.2) is 18.5 Å². The minimum Gasteiger partial charge on any atom is -0.179 e. The molecule has 0 rings (SSSR count). The van der Waals surface area contributed by atoms with Gasteiger partial charge < -0.3 is 0 Å². The fourth-order valence-corrected chi connectivity index (χ4v) is 7.57. The zero-order valence-corrected chi connectivity index (χ0v) is 13.5. The molecule has 0 bridgehead atoms. The third-order valence-electron chi connectivity index (χ3n) is 2.99. The molecule has 6 heteroatoms. The minimum absolute atomic E-state index is 0.762.